The maximum Gasteiger partial charge on any atom is 0.405 e. The molecule has 0 aliphatic heterocycles. The number of hydrogen-bond acceptors (Lipinski definition) is 4. The molecule has 7 nitrogen and oxygen atoms in total. The van der Waals surface area contributed by atoms with E-state index in [4.69, 9.17) is 0 Å². The molecule has 0 saturated carbocycles. The minimum atomic E-state index is -4.54. The molecule has 4 aromatic rings. The zero-order valence-corrected chi connectivity index (χ0v) is 22.0. The second kappa shape index (κ2) is 10.7. The summed E-state index contributed by atoms with van der Waals surface area (Å²) >= 11 is 0. The first-order valence-electron chi connectivity index (χ1n) is 13.3. The number of imidazole rings is 1. The van der Waals surface area contributed by atoms with E-state index in [9.17, 15) is 28.1 Å². The number of benzene rings is 3. The fourth-order valence-corrected chi connectivity index (χ4v) is 5.96. The van der Waals surface area contributed by atoms with Gasteiger partial charge in [-0.15, -0.1) is 0 Å². The zero-order valence-electron chi connectivity index (χ0n) is 22.0. The van der Waals surface area contributed by atoms with Gasteiger partial charge in [0.05, 0.1) is 10.4 Å². The molecule has 208 valence electrons. The third-order valence-electron chi connectivity index (χ3n) is 7.58. The van der Waals surface area contributed by atoms with Crippen molar-refractivity contribution in [3.05, 3.63) is 93.8 Å². The lowest BCUT2D eigenvalue weighted by Gasteiger charge is -2.31. The van der Waals surface area contributed by atoms with Gasteiger partial charge in [0.1, 0.15) is 23.3 Å². The smallest absolute Gasteiger partial charge is 0.346 e. The number of non-ortho nitro benzene ring substituents is 1. The van der Waals surface area contributed by atoms with Gasteiger partial charge in [-0.05, 0) is 54.0 Å². The molecule has 0 unspecified atom stereocenters. The molecule has 1 heterocycles. The van der Waals surface area contributed by atoms with Gasteiger partial charge in [0, 0.05) is 19.0 Å². The molecule has 1 aliphatic rings. The number of fused-ring (bicyclic) bond motifs is 4. The lowest BCUT2D eigenvalue weighted by molar-refractivity contribution is -0.383. The maximum absolute atomic E-state index is 13.7. The Balaban J connectivity index is 1.47. The summed E-state index contributed by atoms with van der Waals surface area (Å²) in [6, 6.07) is 19.5. The van der Waals surface area contributed by atoms with Crippen LogP contribution in [0.5, 0.6) is 0 Å². The average molecular weight is 551 g/mol. The third-order valence-corrected chi connectivity index (χ3v) is 7.58. The number of aromatic nitrogens is 2. The van der Waals surface area contributed by atoms with E-state index in [1.54, 1.807) is 24.3 Å². The second-order valence-electron chi connectivity index (χ2n) is 10.1. The molecule has 0 bridgehead atoms. The molecular weight excluding hydrogens is 521 g/mol. The minimum Gasteiger partial charge on any atom is -0.346 e. The van der Waals surface area contributed by atoms with E-state index in [-0.39, 0.29) is 12.1 Å². The van der Waals surface area contributed by atoms with E-state index in [2.05, 4.69) is 10.3 Å². The van der Waals surface area contributed by atoms with E-state index in [0.717, 1.165) is 23.4 Å². The van der Waals surface area contributed by atoms with Crippen LogP contribution in [0.25, 0.3) is 22.2 Å². The van der Waals surface area contributed by atoms with Crippen molar-refractivity contribution in [3.8, 4) is 11.1 Å². The number of para-hydroxylation sites is 1. The molecule has 0 saturated heterocycles. The molecular formula is C30H29F3N4O3. The summed E-state index contributed by atoms with van der Waals surface area (Å²) in [5.74, 6) is 0.0682. The maximum atomic E-state index is 13.7. The molecule has 3 aromatic carbocycles. The van der Waals surface area contributed by atoms with Crippen molar-refractivity contribution >= 4 is 22.6 Å². The van der Waals surface area contributed by atoms with Gasteiger partial charge < -0.3 is 9.88 Å². The standard InChI is InChI=1S/C30H29F3N4O3/c1-2-10-26-35-24-15-9-16-25(37(39)40)27(24)36(26)18-8-7-17-29(28(38)34-19-30(31,32)33)22-13-5-3-11-20(22)21-12-4-6-14-23(21)29/h3-6,9,11-16H,2,7-8,10,17-19H2,1H3,(H,34,38). The van der Waals surface area contributed by atoms with Crippen molar-refractivity contribution in [1.29, 1.82) is 0 Å². The SMILES string of the molecule is CCCc1nc2cccc([N+](=O)[O-])c2n1CCCCC1(C(=O)NCC(F)(F)F)c2ccccc2-c2ccccc21. The van der Waals surface area contributed by atoms with E-state index >= 15 is 0 Å². The summed E-state index contributed by atoms with van der Waals surface area (Å²) in [4.78, 5) is 29.7. The van der Waals surface area contributed by atoms with Crippen molar-refractivity contribution in [3.63, 3.8) is 0 Å². The molecule has 0 radical (unpaired) electrons. The summed E-state index contributed by atoms with van der Waals surface area (Å²) in [5.41, 5.74) is 2.76. The highest BCUT2D eigenvalue weighted by Crippen LogP contribution is 2.51. The highest BCUT2D eigenvalue weighted by atomic mass is 19.4. The number of halogens is 3. The van der Waals surface area contributed by atoms with Crippen LogP contribution in [0.3, 0.4) is 0 Å². The van der Waals surface area contributed by atoms with Gasteiger partial charge in [0.25, 0.3) is 5.69 Å². The van der Waals surface area contributed by atoms with Crippen molar-refractivity contribution < 1.29 is 22.9 Å². The normalized spacial score (nSPS) is 13.7. The first-order valence-corrected chi connectivity index (χ1v) is 13.3. The van der Waals surface area contributed by atoms with E-state index < -0.39 is 29.0 Å². The number of carbonyl (C=O) groups excluding carboxylic acids is 1. The summed E-state index contributed by atoms with van der Waals surface area (Å²) in [5, 5.41) is 13.9. The molecule has 1 amide bonds. The molecule has 1 aromatic heterocycles. The Labute approximate surface area is 229 Å². The van der Waals surface area contributed by atoms with Crippen molar-refractivity contribution in [2.75, 3.05) is 6.54 Å². The van der Waals surface area contributed by atoms with Crippen molar-refractivity contribution in [2.24, 2.45) is 0 Å². The Kier molecular flexibility index (Phi) is 7.35. The predicted octanol–water partition coefficient (Wildman–Crippen LogP) is 6.71. The number of hydrogen-bond donors (Lipinski definition) is 1. The van der Waals surface area contributed by atoms with Crippen LogP contribution in [-0.4, -0.2) is 33.1 Å². The number of alkyl halides is 3. The van der Waals surface area contributed by atoms with Crippen LogP contribution < -0.4 is 5.32 Å². The van der Waals surface area contributed by atoms with Gasteiger partial charge >= 0.3 is 6.18 Å². The van der Waals surface area contributed by atoms with Gasteiger partial charge in [-0.1, -0.05) is 61.5 Å². The Bertz CT molecular complexity index is 1530. The number of carbonyl (C=O) groups is 1. The van der Waals surface area contributed by atoms with Gasteiger partial charge in [-0.3, -0.25) is 14.9 Å². The van der Waals surface area contributed by atoms with E-state index in [1.165, 1.54) is 6.07 Å². The third kappa shape index (κ3) is 4.82. The molecule has 1 N–H and O–H groups in total. The number of rotatable bonds is 10. The summed E-state index contributed by atoms with van der Waals surface area (Å²) < 4.78 is 41.3. The highest BCUT2D eigenvalue weighted by Gasteiger charge is 2.49. The zero-order chi connectivity index (χ0) is 28.5. The molecule has 10 heteroatoms. The topological polar surface area (TPSA) is 90.1 Å². The number of unbranched alkanes of at least 4 members (excludes halogenated alkanes) is 1. The monoisotopic (exact) mass is 550 g/mol. The van der Waals surface area contributed by atoms with Crippen LogP contribution in [0, 0.1) is 10.1 Å². The summed E-state index contributed by atoms with van der Waals surface area (Å²) in [7, 11) is 0. The number of nitro groups is 1. The van der Waals surface area contributed by atoms with Gasteiger partial charge in [-0.25, -0.2) is 4.98 Å². The summed E-state index contributed by atoms with van der Waals surface area (Å²) in [6.45, 7) is 1.03. The van der Waals surface area contributed by atoms with Crippen LogP contribution in [-0.2, 0) is 23.2 Å². The number of nitrogens with one attached hydrogen (secondary N) is 1. The highest BCUT2D eigenvalue weighted by molar-refractivity contribution is 6.00. The van der Waals surface area contributed by atoms with Gasteiger partial charge in [0.2, 0.25) is 5.91 Å². The summed E-state index contributed by atoms with van der Waals surface area (Å²) in [6.07, 6.45) is -1.76. The average Bonchev–Trinajstić information content (AvgIpc) is 3.43. The number of nitrogens with zero attached hydrogens (tertiary/aromatic N) is 3. The Hall–Kier alpha value is -4.21. The molecule has 1 aliphatic carbocycles. The first-order chi connectivity index (χ1) is 19.2. The fraction of sp³-hybridized carbons (Fsp3) is 0.333. The predicted molar refractivity (Wildman–Crippen MR) is 146 cm³/mol. The van der Waals surface area contributed by atoms with E-state index in [0.29, 0.717) is 48.0 Å². The molecule has 0 fully saturated rings. The van der Waals surface area contributed by atoms with Crippen LogP contribution >= 0.6 is 0 Å². The van der Waals surface area contributed by atoms with Crippen LogP contribution in [0.1, 0.15) is 49.6 Å². The van der Waals surface area contributed by atoms with Crippen LogP contribution in [0.4, 0.5) is 18.9 Å². The Morgan fingerprint density at radius 1 is 1.00 bits per heavy atom. The second-order valence-corrected chi connectivity index (χ2v) is 10.1. The van der Waals surface area contributed by atoms with Gasteiger partial charge in [0.15, 0.2) is 0 Å². The molecule has 5 rings (SSSR count). The molecule has 0 atom stereocenters. The molecule has 40 heavy (non-hydrogen) atoms. The number of aryl methyl sites for hydroxylation is 2. The Morgan fingerprint density at radius 2 is 1.65 bits per heavy atom. The number of amides is 1. The number of nitro benzene ring substituents is 1. The van der Waals surface area contributed by atoms with Crippen LogP contribution in [0.15, 0.2) is 66.7 Å². The van der Waals surface area contributed by atoms with Crippen LogP contribution in [0.2, 0.25) is 0 Å². The Morgan fingerprint density at radius 3 is 2.25 bits per heavy atom. The lowest BCUT2D eigenvalue weighted by atomic mass is 9.73. The molecule has 0 spiro atoms. The van der Waals surface area contributed by atoms with Crippen molar-refractivity contribution in [2.45, 2.75) is 57.2 Å². The largest absolute Gasteiger partial charge is 0.405 e. The first kappa shape index (κ1) is 27.4. The lowest BCUT2D eigenvalue weighted by Crippen LogP contribution is -2.47. The fourth-order valence-electron chi connectivity index (χ4n) is 5.96. The quantitative estimate of drug-likeness (QED) is 0.135. The van der Waals surface area contributed by atoms with E-state index in [1.807, 2.05) is 47.9 Å². The van der Waals surface area contributed by atoms with Gasteiger partial charge in [-0.2, -0.15) is 13.2 Å². The van der Waals surface area contributed by atoms with Crippen molar-refractivity contribution in [1.82, 2.24) is 14.9 Å². The minimum absolute atomic E-state index is 0.0194.